The van der Waals surface area contributed by atoms with Crippen LogP contribution in [0, 0.1) is 12.3 Å². The van der Waals surface area contributed by atoms with E-state index in [1.54, 1.807) is 12.1 Å². The molecule has 1 aromatic carbocycles. The van der Waals surface area contributed by atoms with Crippen LogP contribution < -0.4 is 15.4 Å². The molecule has 9 heteroatoms. The second-order valence-corrected chi connectivity index (χ2v) is 5.18. The minimum Gasteiger partial charge on any atom is -0.468 e. The van der Waals surface area contributed by atoms with Crippen molar-refractivity contribution in [3.05, 3.63) is 53.7 Å². The zero-order valence-corrected chi connectivity index (χ0v) is 13.8. The van der Waals surface area contributed by atoms with E-state index < -0.39 is 24.6 Å². The van der Waals surface area contributed by atoms with Crippen molar-refractivity contribution in [2.24, 2.45) is 0 Å². The number of aromatic nitrogens is 1. The predicted octanol–water partition coefficient (Wildman–Crippen LogP) is 2.64. The van der Waals surface area contributed by atoms with E-state index in [2.05, 4.69) is 26.3 Å². The molecule has 1 heterocycles. The number of benzene rings is 1. The Bertz CT molecular complexity index is 859. The number of carbonyl (C=O) groups is 2. The Balaban J connectivity index is 2.07. The number of rotatable bonds is 6. The molecule has 0 atom stereocenters. The summed E-state index contributed by atoms with van der Waals surface area (Å²) in [6, 6.07) is 8.68. The van der Waals surface area contributed by atoms with Crippen LogP contribution in [-0.4, -0.2) is 36.1 Å². The smallest absolute Gasteiger partial charge is 0.422 e. The van der Waals surface area contributed by atoms with Crippen molar-refractivity contribution in [1.82, 2.24) is 10.3 Å². The molecule has 0 unspecified atom stereocenters. The lowest BCUT2D eigenvalue weighted by Gasteiger charge is -2.11. The minimum absolute atomic E-state index is 0.0322. The van der Waals surface area contributed by atoms with E-state index in [9.17, 15) is 22.8 Å². The summed E-state index contributed by atoms with van der Waals surface area (Å²) in [4.78, 5) is 28.0. The number of alkyl halides is 3. The molecule has 0 aliphatic carbocycles. The topological polar surface area (TPSA) is 80.3 Å². The van der Waals surface area contributed by atoms with Gasteiger partial charge in [-0.25, -0.2) is 4.98 Å². The number of carbonyl (C=O) groups excluding carboxylic acids is 2. The molecule has 2 amide bonds. The molecule has 2 rings (SSSR count). The number of ether oxygens (including phenoxy) is 1. The first kappa shape index (κ1) is 19.8. The van der Waals surface area contributed by atoms with Crippen molar-refractivity contribution >= 4 is 17.5 Å². The highest BCUT2D eigenvalue weighted by Crippen LogP contribution is 2.19. The van der Waals surface area contributed by atoms with Crippen LogP contribution in [0.1, 0.15) is 20.7 Å². The molecule has 0 aliphatic heterocycles. The van der Waals surface area contributed by atoms with Crippen LogP contribution in [0.5, 0.6) is 5.88 Å². The normalized spacial score (nSPS) is 10.6. The SMILES string of the molecule is C#CCNC(=O)c1ccccc1NC(=O)c1ccc(OCC(F)(F)F)nc1. The summed E-state index contributed by atoms with van der Waals surface area (Å²) in [7, 11) is 0. The Kier molecular flexibility index (Phi) is 6.38. The van der Waals surface area contributed by atoms with Crippen molar-refractivity contribution in [3.8, 4) is 18.2 Å². The van der Waals surface area contributed by atoms with Gasteiger partial charge in [-0.3, -0.25) is 9.59 Å². The molecule has 0 fully saturated rings. The Morgan fingerprint density at radius 1 is 1.15 bits per heavy atom. The second kappa shape index (κ2) is 8.71. The summed E-state index contributed by atoms with van der Waals surface area (Å²) in [5.74, 6) is 0.948. The van der Waals surface area contributed by atoms with Gasteiger partial charge in [-0.1, -0.05) is 18.1 Å². The lowest BCUT2D eigenvalue weighted by molar-refractivity contribution is -0.154. The van der Waals surface area contributed by atoms with Gasteiger partial charge in [-0.05, 0) is 18.2 Å². The van der Waals surface area contributed by atoms with E-state index in [0.29, 0.717) is 0 Å². The zero-order chi connectivity index (χ0) is 19.9. The molecule has 0 radical (unpaired) electrons. The van der Waals surface area contributed by atoms with Crippen LogP contribution >= 0.6 is 0 Å². The second-order valence-electron chi connectivity index (χ2n) is 5.18. The maximum atomic E-state index is 12.3. The van der Waals surface area contributed by atoms with E-state index in [1.165, 1.54) is 18.2 Å². The maximum absolute atomic E-state index is 12.3. The first-order valence-electron chi connectivity index (χ1n) is 7.58. The van der Waals surface area contributed by atoms with Gasteiger partial charge in [0.05, 0.1) is 23.4 Å². The average Bonchev–Trinajstić information content (AvgIpc) is 2.64. The summed E-state index contributed by atoms with van der Waals surface area (Å²) in [5, 5.41) is 5.04. The van der Waals surface area contributed by atoms with Gasteiger partial charge in [0, 0.05) is 12.3 Å². The number of halogens is 3. The molecular weight excluding hydrogens is 363 g/mol. The molecule has 2 N–H and O–H groups in total. The van der Waals surface area contributed by atoms with E-state index in [-0.39, 0.29) is 29.2 Å². The summed E-state index contributed by atoms with van der Waals surface area (Å²) in [5.41, 5.74) is 0.529. The first-order chi connectivity index (χ1) is 12.8. The largest absolute Gasteiger partial charge is 0.468 e. The number of nitrogens with zero attached hydrogens (tertiary/aromatic N) is 1. The molecule has 0 spiro atoms. The highest BCUT2D eigenvalue weighted by Gasteiger charge is 2.28. The van der Waals surface area contributed by atoms with E-state index in [0.717, 1.165) is 12.3 Å². The third kappa shape index (κ3) is 6.04. The van der Waals surface area contributed by atoms with Crippen LogP contribution in [-0.2, 0) is 0 Å². The highest BCUT2D eigenvalue weighted by molar-refractivity contribution is 6.08. The molecule has 27 heavy (non-hydrogen) atoms. The first-order valence-corrected chi connectivity index (χ1v) is 7.58. The number of anilines is 1. The summed E-state index contributed by atoms with van der Waals surface area (Å²) in [6.07, 6.45) is 1.68. The van der Waals surface area contributed by atoms with Crippen molar-refractivity contribution in [1.29, 1.82) is 0 Å². The molecule has 2 aromatic rings. The number of pyridine rings is 1. The Morgan fingerprint density at radius 2 is 1.89 bits per heavy atom. The van der Waals surface area contributed by atoms with E-state index in [1.807, 2.05) is 0 Å². The fourth-order valence-electron chi connectivity index (χ4n) is 1.97. The van der Waals surface area contributed by atoms with Gasteiger partial charge in [-0.15, -0.1) is 6.42 Å². The number of hydrogen-bond acceptors (Lipinski definition) is 4. The molecular formula is C18H14F3N3O3. The molecule has 0 saturated heterocycles. The van der Waals surface area contributed by atoms with Gasteiger partial charge in [-0.2, -0.15) is 13.2 Å². The van der Waals surface area contributed by atoms with Crippen LogP contribution in [0.15, 0.2) is 42.6 Å². The molecule has 0 bridgehead atoms. The van der Waals surface area contributed by atoms with Crippen molar-refractivity contribution in [2.75, 3.05) is 18.5 Å². The van der Waals surface area contributed by atoms with Crippen molar-refractivity contribution in [3.63, 3.8) is 0 Å². The minimum atomic E-state index is -4.48. The molecule has 0 saturated carbocycles. The number of nitrogens with one attached hydrogen (secondary N) is 2. The van der Waals surface area contributed by atoms with Gasteiger partial charge < -0.3 is 15.4 Å². The van der Waals surface area contributed by atoms with Gasteiger partial charge in [0.1, 0.15) is 0 Å². The Morgan fingerprint density at radius 3 is 2.52 bits per heavy atom. The van der Waals surface area contributed by atoms with Gasteiger partial charge in [0.25, 0.3) is 11.8 Å². The summed E-state index contributed by atoms with van der Waals surface area (Å²) in [6.45, 7) is -1.45. The van der Waals surface area contributed by atoms with Gasteiger partial charge in [0.15, 0.2) is 6.61 Å². The molecule has 140 valence electrons. The number of para-hydroxylation sites is 1. The third-order valence-corrected chi connectivity index (χ3v) is 3.15. The molecule has 0 aliphatic rings. The van der Waals surface area contributed by atoms with Crippen molar-refractivity contribution < 1.29 is 27.5 Å². The fourth-order valence-corrected chi connectivity index (χ4v) is 1.97. The number of hydrogen-bond donors (Lipinski definition) is 2. The zero-order valence-electron chi connectivity index (χ0n) is 13.8. The highest BCUT2D eigenvalue weighted by atomic mass is 19.4. The van der Waals surface area contributed by atoms with Crippen molar-refractivity contribution in [2.45, 2.75) is 6.18 Å². The number of terminal acetylenes is 1. The average molecular weight is 377 g/mol. The van der Waals surface area contributed by atoms with E-state index >= 15 is 0 Å². The van der Waals surface area contributed by atoms with Gasteiger partial charge >= 0.3 is 6.18 Å². The quantitative estimate of drug-likeness (QED) is 0.759. The van der Waals surface area contributed by atoms with Crippen LogP contribution in [0.2, 0.25) is 0 Å². The maximum Gasteiger partial charge on any atom is 0.422 e. The molecule has 1 aromatic heterocycles. The summed E-state index contributed by atoms with van der Waals surface area (Å²) < 4.78 is 40.8. The monoisotopic (exact) mass is 377 g/mol. The lowest BCUT2D eigenvalue weighted by atomic mass is 10.1. The lowest BCUT2D eigenvalue weighted by Crippen LogP contribution is -2.25. The standard InChI is InChI=1S/C18H14F3N3O3/c1-2-9-22-17(26)13-5-3-4-6-14(13)24-16(25)12-7-8-15(23-10-12)27-11-18(19,20)21/h1,3-8,10H,9,11H2,(H,22,26)(H,24,25). The van der Waals surface area contributed by atoms with Gasteiger partial charge in [0.2, 0.25) is 5.88 Å². The van der Waals surface area contributed by atoms with Crippen LogP contribution in [0.3, 0.4) is 0 Å². The Hall–Kier alpha value is -3.54. The van der Waals surface area contributed by atoms with Crippen LogP contribution in [0.4, 0.5) is 18.9 Å². The summed E-state index contributed by atoms with van der Waals surface area (Å²) >= 11 is 0. The number of amides is 2. The van der Waals surface area contributed by atoms with E-state index in [4.69, 9.17) is 6.42 Å². The third-order valence-electron chi connectivity index (χ3n) is 3.15. The fraction of sp³-hybridized carbons (Fsp3) is 0.167. The molecule has 6 nitrogen and oxygen atoms in total. The van der Waals surface area contributed by atoms with Crippen LogP contribution in [0.25, 0.3) is 0 Å². The predicted molar refractivity (Wildman–Crippen MR) is 91.3 cm³/mol. The Labute approximate surface area is 152 Å².